The third-order valence-corrected chi connectivity index (χ3v) is 3.84. The Bertz CT molecular complexity index is 447. The molecule has 1 heterocycles. The highest BCUT2D eigenvalue weighted by molar-refractivity contribution is 5.93. The van der Waals surface area contributed by atoms with Crippen molar-refractivity contribution in [1.29, 1.82) is 0 Å². The molecule has 2 N–H and O–H groups in total. The van der Waals surface area contributed by atoms with Crippen molar-refractivity contribution in [3.8, 4) is 0 Å². The SMILES string of the molecule is CCCNc1ccnc(C(=O)NC2CCCC(C)C2)c1. The largest absolute Gasteiger partial charge is 0.385 e. The van der Waals surface area contributed by atoms with Gasteiger partial charge in [0, 0.05) is 24.5 Å². The molecule has 0 saturated heterocycles. The van der Waals surface area contributed by atoms with Crippen LogP contribution in [0.4, 0.5) is 5.69 Å². The summed E-state index contributed by atoms with van der Waals surface area (Å²) in [7, 11) is 0. The van der Waals surface area contributed by atoms with Crippen molar-refractivity contribution in [3.63, 3.8) is 0 Å². The van der Waals surface area contributed by atoms with Crippen LogP contribution < -0.4 is 10.6 Å². The second-order valence-corrected chi connectivity index (χ2v) is 5.80. The molecule has 1 saturated carbocycles. The molecule has 20 heavy (non-hydrogen) atoms. The van der Waals surface area contributed by atoms with Gasteiger partial charge >= 0.3 is 0 Å². The topological polar surface area (TPSA) is 54.0 Å². The van der Waals surface area contributed by atoms with Gasteiger partial charge in [-0.2, -0.15) is 0 Å². The first-order chi connectivity index (χ1) is 9.69. The van der Waals surface area contributed by atoms with E-state index in [1.807, 2.05) is 12.1 Å². The van der Waals surface area contributed by atoms with Gasteiger partial charge in [0.2, 0.25) is 0 Å². The zero-order chi connectivity index (χ0) is 14.4. The first kappa shape index (κ1) is 14.8. The highest BCUT2D eigenvalue weighted by Crippen LogP contribution is 2.23. The van der Waals surface area contributed by atoms with Gasteiger partial charge in [0.25, 0.3) is 5.91 Å². The first-order valence-corrected chi connectivity index (χ1v) is 7.69. The maximum atomic E-state index is 12.2. The second kappa shape index (κ2) is 7.27. The molecule has 4 nitrogen and oxygen atoms in total. The van der Waals surface area contributed by atoms with E-state index in [1.165, 1.54) is 12.8 Å². The van der Waals surface area contributed by atoms with Crippen LogP contribution >= 0.6 is 0 Å². The van der Waals surface area contributed by atoms with Gasteiger partial charge in [0.1, 0.15) is 5.69 Å². The summed E-state index contributed by atoms with van der Waals surface area (Å²) in [6.07, 6.45) is 7.41. The first-order valence-electron chi connectivity index (χ1n) is 7.69. The number of pyridine rings is 1. The van der Waals surface area contributed by atoms with Crippen LogP contribution in [0.25, 0.3) is 0 Å². The Labute approximate surface area is 121 Å². The normalized spacial score (nSPS) is 22.3. The molecule has 0 aromatic carbocycles. The number of amides is 1. The Hall–Kier alpha value is -1.58. The van der Waals surface area contributed by atoms with Crippen LogP contribution in [0.2, 0.25) is 0 Å². The van der Waals surface area contributed by atoms with E-state index in [1.54, 1.807) is 6.20 Å². The number of carbonyl (C=O) groups is 1. The summed E-state index contributed by atoms with van der Waals surface area (Å²) in [5.41, 5.74) is 1.47. The highest BCUT2D eigenvalue weighted by atomic mass is 16.1. The van der Waals surface area contributed by atoms with Crippen LogP contribution in [0.15, 0.2) is 18.3 Å². The lowest BCUT2D eigenvalue weighted by Gasteiger charge is -2.27. The van der Waals surface area contributed by atoms with E-state index in [4.69, 9.17) is 0 Å². The lowest BCUT2D eigenvalue weighted by atomic mass is 9.87. The molecule has 4 heteroatoms. The molecule has 0 bridgehead atoms. The third kappa shape index (κ3) is 4.22. The molecule has 1 aromatic rings. The zero-order valence-electron chi connectivity index (χ0n) is 12.5. The molecule has 0 spiro atoms. The van der Waals surface area contributed by atoms with Crippen LogP contribution in [0.5, 0.6) is 0 Å². The summed E-state index contributed by atoms with van der Waals surface area (Å²) in [5, 5.41) is 6.40. The fraction of sp³-hybridized carbons (Fsp3) is 0.625. The van der Waals surface area contributed by atoms with E-state index in [0.717, 1.165) is 31.5 Å². The van der Waals surface area contributed by atoms with Crippen molar-refractivity contribution in [2.75, 3.05) is 11.9 Å². The minimum Gasteiger partial charge on any atom is -0.385 e. The van der Waals surface area contributed by atoms with Gasteiger partial charge in [-0.3, -0.25) is 9.78 Å². The van der Waals surface area contributed by atoms with Gasteiger partial charge in [-0.25, -0.2) is 0 Å². The van der Waals surface area contributed by atoms with E-state index >= 15 is 0 Å². The number of nitrogens with one attached hydrogen (secondary N) is 2. The molecule has 2 unspecified atom stereocenters. The fourth-order valence-corrected chi connectivity index (χ4v) is 2.76. The molecular formula is C16H25N3O. The minimum atomic E-state index is -0.0516. The number of anilines is 1. The van der Waals surface area contributed by atoms with Gasteiger partial charge < -0.3 is 10.6 Å². The molecule has 2 rings (SSSR count). The molecule has 1 aromatic heterocycles. The van der Waals surface area contributed by atoms with Crippen molar-refractivity contribution in [3.05, 3.63) is 24.0 Å². The number of carbonyl (C=O) groups excluding carboxylic acids is 1. The Morgan fingerprint density at radius 2 is 2.30 bits per heavy atom. The van der Waals surface area contributed by atoms with E-state index < -0.39 is 0 Å². The molecule has 1 fully saturated rings. The number of rotatable bonds is 5. The van der Waals surface area contributed by atoms with Gasteiger partial charge in [-0.1, -0.05) is 26.7 Å². The second-order valence-electron chi connectivity index (χ2n) is 5.80. The number of hydrogen-bond acceptors (Lipinski definition) is 3. The van der Waals surface area contributed by atoms with Gasteiger partial charge in [-0.05, 0) is 37.3 Å². The summed E-state index contributed by atoms with van der Waals surface area (Å²) >= 11 is 0. The summed E-state index contributed by atoms with van der Waals surface area (Å²) in [5.74, 6) is 0.656. The average Bonchev–Trinajstić information content (AvgIpc) is 2.45. The van der Waals surface area contributed by atoms with Crippen LogP contribution in [0.3, 0.4) is 0 Å². The summed E-state index contributed by atoms with van der Waals surface area (Å²) in [6, 6.07) is 4.03. The molecule has 110 valence electrons. The third-order valence-electron chi connectivity index (χ3n) is 3.84. The Morgan fingerprint density at radius 1 is 1.45 bits per heavy atom. The Kier molecular flexibility index (Phi) is 5.39. The van der Waals surface area contributed by atoms with Crippen molar-refractivity contribution < 1.29 is 4.79 Å². The lowest BCUT2D eigenvalue weighted by molar-refractivity contribution is 0.0916. The molecule has 1 amide bonds. The van der Waals surface area contributed by atoms with Gasteiger partial charge in [0.15, 0.2) is 0 Å². The summed E-state index contributed by atoms with van der Waals surface area (Å²) in [6.45, 7) is 5.28. The van der Waals surface area contributed by atoms with Crippen molar-refractivity contribution >= 4 is 11.6 Å². The fourth-order valence-electron chi connectivity index (χ4n) is 2.76. The maximum Gasteiger partial charge on any atom is 0.270 e. The zero-order valence-corrected chi connectivity index (χ0v) is 12.5. The predicted molar refractivity (Wildman–Crippen MR) is 81.9 cm³/mol. The van der Waals surface area contributed by atoms with Crippen molar-refractivity contribution in [1.82, 2.24) is 10.3 Å². The predicted octanol–water partition coefficient (Wildman–Crippen LogP) is 3.21. The Balaban J connectivity index is 1.94. The molecule has 2 atom stereocenters. The molecular weight excluding hydrogens is 250 g/mol. The minimum absolute atomic E-state index is 0.0516. The quantitative estimate of drug-likeness (QED) is 0.867. The maximum absolute atomic E-state index is 12.2. The van der Waals surface area contributed by atoms with E-state index in [0.29, 0.717) is 17.7 Å². The monoisotopic (exact) mass is 275 g/mol. The summed E-state index contributed by atoms with van der Waals surface area (Å²) < 4.78 is 0. The molecule has 0 aliphatic heterocycles. The number of aromatic nitrogens is 1. The van der Waals surface area contributed by atoms with Gasteiger partial charge in [0.05, 0.1) is 0 Å². The molecule has 1 aliphatic rings. The molecule has 1 aliphatic carbocycles. The van der Waals surface area contributed by atoms with Gasteiger partial charge in [-0.15, -0.1) is 0 Å². The lowest BCUT2D eigenvalue weighted by Crippen LogP contribution is -2.38. The van der Waals surface area contributed by atoms with Crippen LogP contribution in [-0.4, -0.2) is 23.5 Å². The number of hydrogen-bond donors (Lipinski definition) is 2. The van der Waals surface area contributed by atoms with Crippen LogP contribution in [0.1, 0.15) is 56.4 Å². The van der Waals surface area contributed by atoms with Crippen molar-refractivity contribution in [2.24, 2.45) is 5.92 Å². The smallest absolute Gasteiger partial charge is 0.270 e. The molecule has 0 radical (unpaired) electrons. The average molecular weight is 275 g/mol. The number of nitrogens with zero attached hydrogens (tertiary/aromatic N) is 1. The van der Waals surface area contributed by atoms with Crippen LogP contribution in [-0.2, 0) is 0 Å². The van der Waals surface area contributed by atoms with E-state index in [9.17, 15) is 4.79 Å². The Morgan fingerprint density at radius 3 is 3.05 bits per heavy atom. The van der Waals surface area contributed by atoms with E-state index in [2.05, 4.69) is 29.5 Å². The highest BCUT2D eigenvalue weighted by Gasteiger charge is 2.21. The van der Waals surface area contributed by atoms with Crippen LogP contribution in [0, 0.1) is 5.92 Å². The van der Waals surface area contributed by atoms with E-state index in [-0.39, 0.29) is 5.91 Å². The van der Waals surface area contributed by atoms with Crippen molar-refractivity contribution in [2.45, 2.75) is 52.0 Å². The standard InChI is InChI=1S/C16H25N3O/c1-3-8-17-13-7-9-18-15(11-13)16(20)19-14-6-4-5-12(2)10-14/h7,9,11-12,14H,3-6,8,10H2,1-2H3,(H,17,18)(H,19,20). The summed E-state index contributed by atoms with van der Waals surface area (Å²) in [4.78, 5) is 16.4.